The zero-order valence-electron chi connectivity index (χ0n) is 13.9. The van der Waals surface area contributed by atoms with Gasteiger partial charge >= 0.3 is 0 Å². The maximum atomic E-state index is 13.0. The van der Waals surface area contributed by atoms with E-state index in [1.165, 1.54) is 18.0 Å². The zero-order valence-corrected chi connectivity index (χ0v) is 15.5. The Morgan fingerprint density at radius 3 is 2.77 bits per heavy atom. The Labute approximate surface area is 159 Å². The summed E-state index contributed by atoms with van der Waals surface area (Å²) in [7, 11) is 0. The fourth-order valence-corrected chi connectivity index (χ4v) is 3.83. The van der Waals surface area contributed by atoms with Gasteiger partial charge in [0.1, 0.15) is 5.39 Å². The number of aryl methyl sites for hydroxylation is 1. The van der Waals surface area contributed by atoms with Crippen LogP contribution in [0, 0.1) is 6.92 Å². The van der Waals surface area contributed by atoms with Crippen molar-refractivity contribution in [2.75, 3.05) is 0 Å². The number of halogens is 1. The molecule has 5 nitrogen and oxygen atoms in total. The second kappa shape index (κ2) is 6.97. The highest BCUT2D eigenvalue weighted by Crippen LogP contribution is 2.25. The van der Waals surface area contributed by atoms with E-state index < -0.39 is 0 Å². The Bertz CT molecular complexity index is 1130. The van der Waals surface area contributed by atoms with Crippen molar-refractivity contribution in [3.63, 3.8) is 0 Å². The molecule has 0 bridgehead atoms. The average molecular weight is 383 g/mol. The smallest absolute Gasteiger partial charge is 0.268 e. The van der Waals surface area contributed by atoms with Gasteiger partial charge in [0.05, 0.1) is 11.9 Å². The molecule has 0 saturated carbocycles. The highest BCUT2D eigenvalue weighted by atomic mass is 35.5. The highest BCUT2D eigenvalue weighted by molar-refractivity contribution is 7.98. The molecule has 2 aromatic heterocycles. The van der Waals surface area contributed by atoms with E-state index in [0.717, 1.165) is 16.8 Å². The quantitative estimate of drug-likeness (QED) is 0.420. The number of hydrogen-bond acceptors (Lipinski definition) is 4. The molecule has 1 N–H and O–H groups in total. The van der Waals surface area contributed by atoms with E-state index in [0.29, 0.717) is 27.0 Å². The topological polar surface area (TPSA) is 63.6 Å². The van der Waals surface area contributed by atoms with Gasteiger partial charge in [0.2, 0.25) is 0 Å². The van der Waals surface area contributed by atoms with Crippen molar-refractivity contribution >= 4 is 34.4 Å². The number of H-pyrrole nitrogens is 1. The third kappa shape index (κ3) is 3.25. The van der Waals surface area contributed by atoms with Gasteiger partial charge < -0.3 is 0 Å². The van der Waals surface area contributed by atoms with Crippen LogP contribution in [-0.2, 0) is 5.75 Å². The summed E-state index contributed by atoms with van der Waals surface area (Å²) in [5, 5.41) is 8.51. The van der Waals surface area contributed by atoms with Crippen molar-refractivity contribution in [2.24, 2.45) is 0 Å². The maximum absolute atomic E-state index is 13.0. The predicted octanol–water partition coefficient (Wildman–Crippen LogP) is 4.36. The maximum Gasteiger partial charge on any atom is 0.269 e. The summed E-state index contributed by atoms with van der Waals surface area (Å²) in [5.74, 6) is 0.651. The fraction of sp³-hybridized carbons (Fsp3) is 0.105. The summed E-state index contributed by atoms with van der Waals surface area (Å²) in [5.41, 5.74) is 3.34. The van der Waals surface area contributed by atoms with Gasteiger partial charge in [0, 0.05) is 10.8 Å². The van der Waals surface area contributed by atoms with Gasteiger partial charge in [-0.05, 0) is 36.8 Å². The monoisotopic (exact) mass is 382 g/mol. The summed E-state index contributed by atoms with van der Waals surface area (Å²) in [6.45, 7) is 2.01. The van der Waals surface area contributed by atoms with Gasteiger partial charge in [-0.15, -0.1) is 0 Å². The van der Waals surface area contributed by atoms with Crippen molar-refractivity contribution in [3.8, 4) is 5.69 Å². The first-order chi connectivity index (χ1) is 12.6. The van der Waals surface area contributed by atoms with Gasteiger partial charge in [-0.1, -0.05) is 53.2 Å². The first-order valence-electron chi connectivity index (χ1n) is 8.02. The highest BCUT2D eigenvalue weighted by Gasteiger charge is 2.14. The molecule has 0 aliphatic heterocycles. The van der Waals surface area contributed by atoms with E-state index in [1.807, 2.05) is 55.5 Å². The van der Waals surface area contributed by atoms with E-state index in [9.17, 15) is 4.79 Å². The minimum Gasteiger partial charge on any atom is -0.268 e. The molecule has 0 fully saturated rings. The first kappa shape index (κ1) is 16.9. The summed E-state index contributed by atoms with van der Waals surface area (Å²) in [6.07, 6.45) is 1.51. The number of benzene rings is 2. The molecule has 7 heteroatoms. The Morgan fingerprint density at radius 1 is 1.19 bits per heavy atom. The van der Waals surface area contributed by atoms with Crippen LogP contribution in [-0.4, -0.2) is 19.7 Å². The summed E-state index contributed by atoms with van der Waals surface area (Å²) in [6, 6.07) is 15.5. The van der Waals surface area contributed by atoms with Gasteiger partial charge in [0.15, 0.2) is 10.8 Å². The number of thioether (sulfide) groups is 1. The van der Waals surface area contributed by atoms with Crippen molar-refractivity contribution in [1.29, 1.82) is 0 Å². The molecule has 4 rings (SSSR count). The van der Waals surface area contributed by atoms with E-state index in [4.69, 9.17) is 11.6 Å². The fourth-order valence-electron chi connectivity index (χ4n) is 2.67. The van der Waals surface area contributed by atoms with Gasteiger partial charge in [0.25, 0.3) is 5.56 Å². The molecule has 2 aromatic carbocycles. The molecule has 26 heavy (non-hydrogen) atoms. The van der Waals surface area contributed by atoms with Crippen LogP contribution in [0.4, 0.5) is 0 Å². The molecule has 0 radical (unpaired) electrons. The Morgan fingerprint density at radius 2 is 2.00 bits per heavy atom. The number of nitrogens with one attached hydrogen (secondary N) is 1. The van der Waals surface area contributed by atoms with Crippen LogP contribution in [0.25, 0.3) is 16.7 Å². The van der Waals surface area contributed by atoms with Crippen LogP contribution >= 0.6 is 23.4 Å². The number of hydrogen-bond donors (Lipinski definition) is 1. The van der Waals surface area contributed by atoms with Crippen LogP contribution in [0.3, 0.4) is 0 Å². The van der Waals surface area contributed by atoms with E-state index in [-0.39, 0.29) is 5.56 Å². The molecule has 0 aliphatic rings. The molecule has 0 amide bonds. The minimum atomic E-state index is -0.138. The van der Waals surface area contributed by atoms with Gasteiger partial charge in [-0.25, -0.2) is 4.98 Å². The number of aromatic amines is 1. The molecule has 0 spiro atoms. The largest absolute Gasteiger partial charge is 0.269 e. The van der Waals surface area contributed by atoms with Gasteiger partial charge in [-0.2, -0.15) is 5.10 Å². The standard InChI is InChI=1S/C19H15ClN4OS/c1-12-5-7-15(8-6-12)24-18(25)16-10-21-23-17(16)22-19(24)26-11-13-3-2-4-14(20)9-13/h2-10H,11H2,1H3,(H,21,23). The molecule has 4 aromatic rings. The first-order valence-corrected chi connectivity index (χ1v) is 9.38. The lowest BCUT2D eigenvalue weighted by atomic mass is 10.2. The molecule has 0 unspecified atom stereocenters. The van der Waals surface area contributed by atoms with Crippen LogP contribution in [0.5, 0.6) is 0 Å². The second-order valence-corrected chi connectivity index (χ2v) is 7.30. The molecule has 0 aliphatic carbocycles. The number of nitrogens with zero attached hydrogens (tertiary/aromatic N) is 3. The van der Waals surface area contributed by atoms with Crippen LogP contribution in [0.15, 0.2) is 64.7 Å². The van der Waals surface area contributed by atoms with Crippen molar-refractivity contribution in [3.05, 3.63) is 81.2 Å². The third-order valence-corrected chi connectivity index (χ3v) is 5.25. The Kier molecular flexibility index (Phi) is 4.53. The third-order valence-electron chi connectivity index (χ3n) is 4.00. The SMILES string of the molecule is Cc1ccc(-n2c(SCc3cccc(Cl)c3)nc3[nH]ncc3c2=O)cc1. The normalized spacial score (nSPS) is 11.2. The average Bonchev–Trinajstić information content (AvgIpc) is 3.10. The van der Waals surface area contributed by atoms with E-state index in [1.54, 1.807) is 4.57 Å². The van der Waals surface area contributed by atoms with E-state index in [2.05, 4.69) is 15.2 Å². The summed E-state index contributed by atoms with van der Waals surface area (Å²) in [4.78, 5) is 17.6. The lowest BCUT2D eigenvalue weighted by Crippen LogP contribution is -2.21. The van der Waals surface area contributed by atoms with Crippen LogP contribution in [0.2, 0.25) is 5.02 Å². The number of aromatic nitrogens is 4. The molecule has 2 heterocycles. The second-order valence-electron chi connectivity index (χ2n) is 5.92. The van der Waals surface area contributed by atoms with Crippen molar-refractivity contribution in [2.45, 2.75) is 17.8 Å². The van der Waals surface area contributed by atoms with Crippen LogP contribution in [0.1, 0.15) is 11.1 Å². The van der Waals surface area contributed by atoms with E-state index >= 15 is 0 Å². The zero-order chi connectivity index (χ0) is 18.1. The Balaban J connectivity index is 1.80. The number of rotatable bonds is 4. The Hall–Kier alpha value is -2.57. The number of fused-ring (bicyclic) bond motifs is 1. The lowest BCUT2D eigenvalue weighted by Gasteiger charge is -2.12. The molecule has 130 valence electrons. The van der Waals surface area contributed by atoms with Crippen molar-refractivity contribution in [1.82, 2.24) is 19.7 Å². The van der Waals surface area contributed by atoms with Gasteiger partial charge in [-0.3, -0.25) is 14.5 Å². The van der Waals surface area contributed by atoms with Crippen LogP contribution < -0.4 is 5.56 Å². The molecule has 0 saturated heterocycles. The molecular weight excluding hydrogens is 368 g/mol. The molecule has 0 atom stereocenters. The minimum absolute atomic E-state index is 0.138. The summed E-state index contributed by atoms with van der Waals surface area (Å²) < 4.78 is 1.63. The molecular formula is C19H15ClN4OS. The summed E-state index contributed by atoms with van der Waals surface area (Å²) >= 11 is 7.55. The predicted molar refractivity (Wildman–Crippen MR) is 105 cm³/mol. The van der Waals surface area contributed by atoms with Crippen molar-refractivity contribution < 1.29 is 0 Å². The lowest BCUT2D eigenvalue weighted by molar-refractivity contribution is 0.815.